The normalized spacial score (nSPS) is 9.88. The standard InChI is InChI=1S/2C2HF3O2.2Ag/c2*3-2(4,5)1(6)7;;/h2*(H,6,7);;/q;;2*+1/p-2. The Balaban J connectivity index is -0.0000000800. The maximum absolute atomic E-state index is 10.5. The monoisotopic (exact) mass is 440 g/mol. The summed E-state index contributed by atoms with van der Waals surface area (Å²) in [5.41, 5.74) is 0. The number of hydrogen-bond donors (Lipinski definition) is 0. The summed E-state index contributed by atoms with van der Waals surface area (Å²) in [6.07, 6.45) is -10.4. The van der Waals surface area contributed by atoms with E-state index in [0.717, 1.165) is 0 Å². The molecule has 0 aromatic heterocycles. The number of carbonyl (C=O) groups is 2. The summed E-state index contributed by atoms with van der Waals surface area (Å²) in [6, 6.07) is 0. The molecule has 0 aromatic carbocycles. The van der Waals surface area contributed by atoms with E-state index < -0.39 is 24.3 Å². The van der Waals surface area contributed by atoms with Crippen LogP contribution < -0.4 is 10.2 Å². The fraction of sp³-hybridized carbons (Fsp3) is 0.500. The quantitative estimate of drug-likeness (QED) is 0.342. The van der Waals surface area contributed by atoms with Gasteiger partial charge in [-0.3, -0.25) is 0 Å². The summed E-state index contributed by atoms with van der Waals surface area (Å²) in [5.74, 6) is -6.01. The molecule has 0 rings (SSSR count). The Bertz CT molecular complexity index is 200. The van der Waals surface area contributed by atoms with E-state index in [1.54, 1.807) is 0 Å². The van der Waals surface area contributed by atoms with E-state index in [-0.39, 0.29) is 44.8 Å². The van der Waals surface area contributed by atoms with Gasteiger partial charge in [0.25, 0.3) is 0 Å². The number of hydrogen-bond acceptors (Lipinski definition) is 4. The van der Waals surface area contributed by atoms with Gasteiger partial charge < -0.3 is 19.8 Å². The maximum Gasteiger partial charge on any atom is 1.00 e. The molecule has 16 heavy (non-hydrogen) atoms. The van der Waals surface area contributed by atoms with Crippen LogP contribution in [-0.4, -0.2) is 24.3 Å². The first kappa shape index (κ1) is 25.0. The molecule has 0 aliphatic carbocycles. The van der Waals surface area contributed by atoms with Crippen molar-refractivity contribution in [2.75, 3.05) is 0 Å². The predicted octanol–water partition coefficient (Wildman–Crippen LogP) is -1.41. The number of carbonyl (C=O) groups excluding carboxylic acids is 2. The Labute approximate surface area is 115 Å². The zero-order valence-electron chi connectivity index (χ0n) is 6.50. The zero-order chi connectivity index (χ0) is 12.2. The van der Waals surface area contributed by atoms with Gasteiger partial charge in [0, 0.05) is 0 Å². The summed E-state index contributed by atoms with van der Waals surface area (Å²) in [6.45, 7) is 0. The molecule has 0 radical (unpaired) electrons. The molecule has 0 saturated carbocycles. The van der Waals surface area contributed by atoms with Crippen LogP contribution in [-0.2, 0) is 54.3 Å². The maximum atomic E-state index is 10.5. The topological polar surface area (TPSA) is 80.3 Å². The van der Waals surface area contributed by atoms with Crippen molar-refractivity contribution in [2.45, 2.75) is 12.4 Å². The average Bonchev–Trinajstić information content (AvgIpc) is 1.83. The van der Waals surface area contributed by atoms with Gasteiger partial charge in [-0.25, -0.2) is 0 Å². The number of carboxylic acid groups (broad SMARTS) is 2. The summed E-state index contributed by atoms with van der Waals surface area (Å²) in [7, 11) is 0. The minimum atomic E-state index is -5.19. The van der Waals surface area contributed by atoms with Gasteiger partial charge in [0.05, 0.1) is 0 Å². The molecule has 0 N–H and O–H groups in total. The SMILES string of the molecule is O=C([O-])C(F)(F)F.O=C([O-])C(F)(F)F.[Ag+].[Ag+]. The van der Waals surface area contributed by atoms with Gasteiger partial charge in [-0.15, -0.1) is 0 Å². The number of halogens is 6. The molecule has 0 heterocycles. The minimum Gasteiger partial charge on any atom is -0.542 e. The molecule has 0 bridgehead atoms. The van der Waals surface area contributed by atoms with Gasteiger partial charge in [0.2, 0.25) is 0 Å². The van der Waals surface area contributed by atoms with Crippen LogP contribution >= 0.6 is 0 Å². The molecule has 0 amide bonds. The van der Waals surface area contributed by atoms with Gasteiger partial charge >= 0.3 is 57.1 Å². The third-order valence-electron chi connectivity index (χ3n) is 0.463. The van der Waals surface area contributed by atoms with Gasteiger partial charge in [-0.05, 0) is 0 Å². The molecule has 104 valence electrons. The fourth-order valence-electron chi connectivity index (χ4n) is 0. The van der Waals surface area contributed by atoms with Gasteiger partial charge in [0.1, 0.15) is 11.9 Å². The largest absolute Gasteiger partial charge is 1.00 e. The molecule has 0 unspecified atom stereocenters. The van der Waals surface area contributed by atoms with E-state index >= 15 is 0 Å². The minimum absolute atomic E-state index is 0. The number of alkyl halides is 6. The van der Waals surface area contributed by atoms with E-state index in [1.165, 1.54) is 0 Å². The van der Waals surface area contributed by atoms with Crippen molar-refractivity contribution >= 4 is 11.9 Å². The van der Waals surface area contributed by atoms with E-state index in [4.69, 9.17) is 19.8 Å². The first-order valence-corrected chi connectivity index (χ1v) is 2.45. The molecule has 0 aromatic rings. The smallest absolute Gasteiger partial charge is 0.542 e. The van der Waals surface area contributed by atoms with Gasteiger partial charge in [-0.1, -0.05) is 0 Å². The molecule has 0 atom stereocenters. The summed E-state index contributed by atoms with van der Waals surface area (Å²) in [5, 5.41) is 17.6. The molecule has 0 aliphatic heterocycles. The molecule has 0 saturated heterocycles. The van der Waals surface area contributed by atoms with Crippen LogP contribution in [0.2, 0.25) is 0 Å². The van der Waals surface area contributed by atoms with Crippen molar-refractivity contribution in [3.8, 4) is 0 Å². The van der Waals surface area contributed by atoms with Crippen molar-refractivity contribution in [3.05, 3.63) is 0 Å². The van der Waals surface area contributed by atoms with Crippen molar-refractivity contribution in [1.82, 2.24) is 0 Å². The molecule has 12 heteroatoms. The Morgan fingerprint density at radius 1 is 0.688 bits per heavy atom. The third kappa shape index (κ3) is 16.4. The van der Waals surface area contributed by atoms with E-state index in [1.807, 2.05) is 0 Å². The van der Waals surface area contributed by atoms with Crippen LogP contribution in [0.3, 0.4) is 0 Å². The Morgan fingerprint density at radius 2 is 0.750 bits per heavy atom. The molecule has 0 spiro atoms. The fourth-order valence-corrected chi connectivity index (χ4v) is 0. The molecule has 4 nitrogen and oxygen atoms in total. The molecular weight excluding hydrogens is 442 g/mol. The Morgan fingerprint density at radius 3 is 0.750 bits per heavy atom. The van der Waals surface area contributed by atoms with E-state index in [0.29, 0.717) is 0 Å². The van der Waals surface area contributed by atoms with Crippen LogP contribution in [0.5, 0.6) is 0 Å². The molecule has 0 fully saturated rings. The number of carboxylic acids is 2. The zero-order valence-corrected chi connectivity index (χ0v) is 9.47. The summed E-state index contributed by atoms with van der Waals surface area (Å²) < 4.78 is 63.1. The third-order valence-corrected chi connectivity index (χ3v) is 0.463. The summed E-state index contributed by atoms with van der Waals surface area (Å²) >= 11 is 0. The molecule has 0 aliphatic rings. The van der Waals surface area contributed by atoms with Crippen molar-refractivity contribution in [1.29, 1.82) is 0 Å². The second kappa shape index (κ2) is 9.07. The van der Waals surface area contributed by atoms with E-state index in [2.05, 4.69) is 0 Å². The van der Waals surface area contributed by atoms with Crippen LogP contribution in [0.15, 0.2) is 0 Å². The Hall–Kier alpha value is 0.000519. The van der Waals surface area contributed by atoms with Crippen LogP contribution in [0.4, 0.5) is 26.3 Å². The van der Waals surface area contributed by atoms with Crippen LogP contribution in [0, 0.1) is 0 Å². The number of aliphatic carboxylic acids is 2. The van der Waals surface area contributed by atoms with Gasteiger partial charge in [-0.2, -0.15) is 26.3 Å². The van der Waals surface area contributed by atoms with Crippen molar-refractivity contribution in [3.63, 3.8) is 0 Å². The number of rotatable bonds is 0. The second-order valence-electron chi connectivity index (χ2n) is 1.57. The predicted molar refractivity (Wildman–Crippen MR) is 22.1 cm³/mol. The average molecular weight is 442 g/mol. The van der Waals surface area contributed by atoms with E-state index in [9.17, 15) is 26.3 Å². The van der Waals surface area contributed by atoms with Crippen molar-refractivity contribution < 1.29 is 90.9 Å². The van der Waals surface area contributed by atoms with Crippen LogP contribution in [0.1, 0.15) is 0 Å². The van der Waals surface area contributed by atoms with Crippen molar-refractivity contribution in [2.24, 2.45) is 0 Å². The summed E-state index contributed by atoms with van der Waals surface area (Å²) in [4.78, 5) is 17.6. The first-order chi connectivity index (χ1) is 5.89. The van der Waals surface area contributed by atoms with Crippen LogP contribution in [0.25, 0.3) is 0 Å². The van der Waals surface area contributed by atoms with Gasteiger partial charge in [0.15, 0.2) is 0 Å². The second-order valence-corrected chi connectivity index (χ2v) is 1.57. The Kier molecular flexibility index (Phi) is 14.2. The molecular formula is C4Ag2F6O4. The first-order valence-electron chi connectivity index (χ1n) is 2.45.